The summed E-state index contributed by atoms with van der Waals surface area (Å²) in [6, 6.07) is 8.07. The lowest BCUT2D eigenvalue weighted by Gasteiger charge is -2.02. The second-order valence-electron chi connectivity index (χ2n) is 4.01. The molecule has 0 aromatic heterocycles. The van der Waals surface area contributed by atoms with E-state index in [1.165, 1.54) is 17.7 Å². The van der Waals surface area contributed by atoms with Crippen LogP contribution in [-0.2, 0) is 22.6 Å². The van der Waals surface area contributed by atoms with Gasteiger partial charge in [0.1, 0.15) is 0 Å². The summed E-state index contributed by atoms with van der Waals surface area (Å²) in [5.41, 5.74) is 2.29. The van der Waals surface area contributed by atoms with Gasteiger partial charge in [0.2, 0.25) is 12.2 Å². The van der Waals surface area contributed by atoms with Crippen molar-refractivity contribution in [3.63, 3.8) is 0 Å². The third-order valence-electron chi connectivity index (χ3n) is 2.65. The fourth-order valence-corrected chi connectivity index (χ4v) is 1.68. The van der Waals surface area contributed by atoms with E-state index in [2.05, 4.69) is 22.1 Å². The summed E-state index contributed by atoms with van der Waals surface area (Å²) < 4.78 is 0. The summed E-state index contributed by atoms with van der Waals surface area (Å²) in [5, 5.41) is 0. The van der Waals surface area contributed by atoms with Gasteiger partial charge in [-0.05, 0) is 30.4 Å². The number of unbranched alkanes of at least 4 members (excludes halogenated alkanes) is 2. The van der Waals surface area contributed by atoms with Crippen molar-refractivity contribution in [1.29, 1.82) is 0 Å². The topological polar surface area (TPSA) is 58.9 Å². The average Bonchev–Trinajstić information content (AvgIpc) is 2.42. The largest absolute Gasteiger partial charge is 0.235 e. The van der Waals surface area contributed by atoms with Gasteiger partial charge in [-0.1, -0.05) is 30.7 Å². The van der Waals surface area contributed by atoms with Gasteiger partial charge in [-0.25, -0.2) is 19.6 Å². The Hall–Kier alpha value is -2.02. The molecule has 0 aliphatic carbocycles. The predicted octanol–water partition coefficient (Wildman–Crippen LogP) is 2.57. The first kappa shape index (κ1) is 14.0. The van der Waals surface area contributed by atoms with Gasteiger partial charge in [0.05, 0.1) is 13.1 Å². The zero-order valence-electron chi connectivity index (χ0n) is 10.3. The molecule has 4 heteroatoms. The highest BCUT2D eigenvalue weighted by Gasteiger charge is 1.95. The van der Waals surface area contributed by atoms with E-state index in [0.29, 0.717) is 13.1 Å². The standard InChI is InChI=1S/C14H16N2O2/c17-11-15-9-3-1-2-4-13-5-7-14(8-6-13)10-16-12-18/h5-8H,1-4,9-10H2. The Labute approximate surface area is 106 Å². The van der Waals surface area contributed by atoms with Crippen LogP contribution in [-0.4, -0.2) is 18.7 Å². The molecule has 0 radical (unpaired) electrons. The van der Waals surface area contributed by atoms with E-state index in [0.717, 1.165) is 31.2 Å². The molecule has 0 aliphatic heterocycles. The van der Waals surface area contributed by atoms with Gasteiger partial charge < -0.3 is 0 Å². The Kier molecular flexibility index (Phi) is 7.07. The maximum atomic E-state index is 9.97. The van der Waals surface area contributed by atoms with Gasteiger partial charge in [0.15, 0.2) is 0 Å². The molecule has 18 heavy (non-hydrogen) atoms. The van der Waals surface area contributed by atoms with Gasteiger partial charge in [-0.2, -0.15) is 0 Å². The molecule has 4 nitrogen and oxygen atoms in total. The van der Waals surface area contributed by atoms with Crippen LogP contribution in [0.25, 0.3) is 0 Å². The number of hydrogen-bond acceptors (Lipinski definition) is 4. The molecule has 1 aromatic carbocycles. The Morgan fingerprint density at radius 3 is 2.17 bits per heavy atom. The van der Waals surface area contributed by atoms with Gasteiger partial charge >= 0.3 is 0 Å². The summed E-state index contributed by atoms with van der Waals surface area (Å²) in [6.07, 6.45) is 7.16. The lowest BCUT2D eigenvalue weighted by molar-refractivity contribution is 0.561. The monoisotopic (exact) mass is 244 g/mol. The Morgan fingerprint density at radius 2 is 1.50 bits per heavy atom. The molecule has 0 aliphatic rings. The highest BCUT2D eigenvalue weighted by atomic mass is 16.1. The van der Waals surface area contributed by atoms with E-state index in [-0.39, 0.29) is 0 Å². The summed E-state index contributed by atoms with van der Waals surface area (Å²) in [6.45, 7) is 0.972. The number of rotatable bonds is 8. The predicted molar refractivity (Wildman–Crippen MR) is 68.8 cm³/mol. The van der Waals surface area contributed by atoms with Crippen LogP contribution in [0.15, 0.2) is 34.3 Å². The van der Waals surface area contributed by atoms with Crippen LogP contribution in [0.1, 0.15) is 30.4 Å². The average molecular weight is 244 g/mol. The van der Waals surface area contributed by atoms with Crippen LogP contribution >= 0.6 is 0 Å². The lowest BCUT2D eigenvalue weighted by atomic mass is 10.1. The number of aryl methyl sites for hydroxylation is 1. The van der Waals surface area contributed by atoms with E-state index < -0.39 is 0 Å². The van der Waals surface area contributed by atoms with Crippen LogP contribution in [0.3, 0.4) is 0 Å². The molecule has 0 atom stereocenters. The fraction of sp³-hybridized carbons (Fsp3) is 0.429. The van der Waals surface area contributed by atoms with Crippen molar-refractivity contribution < 1.29 is 9.59 Å². The normalized spacial score (nSPS) is 9.33. The Morgan fingerprint density at radius 1 is 0.833 bits per heavy atom. The third-order valence-corrected chi connectivity index (χ3v) is 2.65. The first-order valence-electron chi connectivity index (χ1n) is 6.02. The molecule has 1 aromatic rings. The van der Waals surface area contributed by atoms with E-state index in [1.807, 2.05) is 12.1 Å². The van der Waals surface area contributed by atoms with Crippen LogP contribution in [0.2, 0.25) is 0 Å². The fourth-order valence-electron chi connectivity index (χ4n) is 1.68. The number of nitrogens with zero attached hydrogens (tertiary/aromatic N) is 2. The van der Waals surface area contributed by atoms with Crippen LogP contribution in [0, 0.1) is 0 Å². The quantitative estimate of drug-likeness (QED) is 0.401. The second kappa shape index (κ2) is 9.06. The molecule has 0 spiro atoms. The summed E-state index contributed by atoms with van der Waals surface area (Å²) in [7, 11) is 0. The minimum Gasteiger partial charge on any atom is -0.211 e. The lowest BCUT2D eigenvalue weighted by Crippen LogP contribution is -1.89. The highest BCUT2D eigenvalue weighted by molar-refractivity contribution is 5.34. The summed E-state index contributed by atoms with van der Waals surface area (Å²) >= 11 is 0. The first-order chi connectivity index (χ1) is 8.86. The molecular weight excluding hydrogens is 228 g/mol. The molecule has 0 heterocycles. The molecule has 0 bridgehead atoms. The van der Waals surface area contributed by atoms with Crippen molar-refractivity contribution in [3.8, 4) is 0 Å². The number of isocyanates is 2. The van der Waals surface area contributed by atoms with Gasteiger partial charge in [-0.15, -0.1) is 0 Å². The first-order valence-corrected chi connectivity index (χ1v) is 6.02. The van der Waals surface area contributed by atoms with Crippen molar-refractivity contribution in [3.05, 3.63) is 35.4 Å². The highest BCUT2D eigenvalue weighted by Crippen LogP contribution is 2.09. The Balaban J connectivity index is 2.26. The molecule has 0 saturated carbocycles. The molecular formula is C14H16N2O2. The van der Waals surface area contributed by atoms with E-state index in [9.17, 15) is 9.59 Å². The minimum atomic E-state index is 0.396. The summed E-state index contributed by atoms with van der Waals surface area (Å²) in [4.78, 5) is 26.9. The zero-order valence-corrected chi connectivity index (χ0v) is 10.3. The van der Waals surface area contributed by atoms with E-state index >= 15 is 0 Å². The number of benzene rings is 1. The van der Waals surface area contributed by atoms with E-state index in [4.69, 9.17) is 0 Å². The summed E-state index contributed by atoms with van der Waals surface area (Å²) in [5.74, 6) is 0. The van der Waals surface area contributed by atoms with Crippen molar-refractivity contribution in [2.45, 2.75) is 32.2 Å². The van der Waals surface area contributed by atoms with Crippen molar-refractivity contribution in [2.24, 2.45) is 9.98 Å². The van der Waals surface area contributed by atoms with Gasteiger partial charge in [0.25, 0.3) is 0 Å². The van der Waals surface area contributed by atoms with Crippen LogP contribution in [0.4, 0.5) is 0 Å². The number of aliphatic imine (C=N–C) groups is 2. The van der Waals surface area contributed by atoms with Crippen molar-refractivity contribution in [1.82, 2.24) is 0 Å². The van der Waals surface area contributed by atoms with Crippen molar-refractivity contribution in [2.75, 3.05) is 6.54 Å². The SMILES string of the molecule is O=C=NCCCCCc1ccc(CN=C=O)cc1. The maximum Gasteiger partial charge on any atom is 0.235 e. The Bertz CT molecular complexity index is 441. The number of carbonyl (C=O) groups excluding carboxylic acids is 2. The molecule has 0 N–H and O–H groups in total. The van der Waals surface area contributed by atoms with Crippen LogP contribution in [0.5, 0.6) is 0 Å². The molecule has 0 unspecified atom stereocenters. The maximum absolute atomic E-state index is 9.97. The molecule has 1 rings (SSSR count). The van der Waals surface area contributed by atoms with Gasteiger partial charge in [-0.3, -0.25) is 0 Å². The second-order valence-corrected chi connectivity index (χ2v) is 4.01. The minimum absolute atomic E-state index is 0.396. The smallest absolute Gasteiger partial charge is 0.211 e. The third kappa shape index (κ3) is 5.90. The van der Waals surface area contributed by atoms with Crippen LogP contribution < -0.4 is 0 Å². The molecule has 0 fully saturated rings. The molecule has 94 valence electrons. The van der Waals surface area contributed by atoms with Gasteiger partial charge in [0, 0.05) is 0 Å². The molecule has 0 saturated heterocycles. The zero-order chi connectivity index (χ0) is 13.1. The van der Waals surface area contributed by atoms with Crippen molar-refractivity contribution >= 4 is 12.2 Å². The molecule has 0 amide bonds. The number of hydrogen-bond donors (Lipinski definition) is 0. The van der Waals surface area contributed by atoms with E-state index in [1.54, 1.807) is 0 Å².